The van der Waals surface area contributed by atoms with Gasteiger partial charge in [-0.2, -0.15) is 0 Å². The van der Waals surface area contributed by atoms with Crippen molar-refractivity contribution in [2.24, 2.45) is 5.92 Å². The van der Waals surface area contributed by atoms with Crippen LogP contribution in [0.3, 0.4) is 0 Å². The van der Waals surface area contributed by atoms with Gasteiger partial charge >= 0.3 is 0 Å². The monoisotopic (exact) mass is 311 g/mol. The number of nitrogens with zero attached hydrogens (tertiary/aromatic N) is 2. The number of hydrogen-bond acceptors (Lipinski definition) is 4. The first kappa shape index (κ1) is 18.4. The Kier molecular flexibility index (Phi) is 8.27. The third-order valence-electron chi connectivity index (χ3n) is 3.36. The van der Waals surface area contributed by atoms with E-state index in [9.17, 15) is 0 Å². The van der Waals surface area contributed by atoms with Gasteiger partial charge in [0.2, 0.25) is 0 Å². The second-order valence-corrected chi connectivity index (χ2v) is 7.53. The summed E-state index contributed by atoms with van der Waals surface area (Å²) in [7, 11) is 0. The van der Waals surface area contributed by atoms with Crippen molar-refractivity contribution in [1.29, 1.82) is 0 Å². The number of aromatic nitrogens is 1. The summed E-state index contributed by atoms with van der Waals surface area (Å²) in [6, 6.07) is 0. The van der Waals surface area contributed by atoms with Crippen LogP contribution in [0.4, 0.5) is 5.13 Å². The predicted octanol–water partition coefficient (Wildman–Crippen LogP) is 4.64. The van der Waals surface area contributed by atoms with Gasteiger partial charge in [-0.05, 0) is 31.2 Å². The minimum Gasteiger partial charge on any atom is -0.348 e. The number of anilines is 1. The minimum absolute atomic E-state index is 0.496. The normalized spacial score (nSPS) is 11.6. The van der Waals surface area contributed by atoms with Crippen LogP contribution in [0.15, 0.2) is 0 Å². The van der Waals surface area contributed by atoms with Crippen molar-refractivity contribution >= 4 is 16.5 Å². The molecule has 0 aromatic carbocycles. The predicted molar refractivity (Wildman–Crippen MR) is 95.5 cm³/mol. The van der Waals surface area contributed by atoms with Crippen LogP contribution in [-0.4, -0.2) is 24.6 Å². The molecule has 1 heterocycles. The van der Waals surface area contributed by atoms with Gasteiger partial charge < -0.3 is 10.2 Å². The van der Waals surface area contributed by atoms with Crippen LogP contribution in [-0.2, 0) is 6.54 Å². The Balaban J connectivity index is 2.86. The van der Waals surface area contributed by atoms with Crippen molar-refractivity contribution in [3.05, 3.63) is 10.6 Å². The molecule has 0 aliphatic rings. The molecule has 0 radical (unpaired) electrons. The van der Waals surface area contributed by atoms with Crippen LogP contribution < -0.4 is 10.2 Å². The van der Waals surface area contributed by atoms with Crippen LogP contribution in [0, 0.1) is 5.92 Å². The summed E-state index contributed by atoms with van der Waals surface area (Å²) in [6.07, 6.45) is 2.36. The molecule has 21 heavy (non-hydrogen) atoms. The Morgan fingerprint density at radius 2 is 1.71 bits per heavy atom. The maximum absolute atomic E-state index is 4.95. The molecule has 0 bridgehead atoms. The van der Waals surface area contributed by atoms with Crippen molar-refractivity contribution in [2.75, 3.05) is 24.5 Å². The fraction of sp³-hybridized carbons (Fsp3) is 0.824. The van der Waals surface area contributed by atoms with Gasteiger partial charge in [-0.25, -0.2) is 4.98 Å². The van der Waals surface area contributed by atoms with Gasteiger partial charge in [-0.1, -0.05) is 41.5 Å². The molecule has 0 saturated carbocycles. The van der Waals surface area contributed by atoms with E-state index in [0.29, 0.717) is 11.8 Å². The van der Waals surface area contributed by atoms with Crippen molar-refractivity contribution in [3.63, 3.8) is 0 Å². The Morgan fingerprint density at radius 1 is 1.10 bits per heavy atom. The van der Waals surface area contributed by atoms with E-state index in [-0.39, 0.29) is 0 Å². The highest BCUT2D eigenvalue weighted by molar-refractivity contribution is 7.15. The first-order valence-corrected chi connectivity index (χ1v) is 9.26. The van der Waals surface area contributed by atoms with Gasteiger partial charge in [-0.3, -0.25) is 0 Å². The molecule has 1 aromatic heterocycles. The topological polar surface area (TPSA) is 28.2 Å². The van der Waals surface area contributed by atoms with Crippen LogP contribution in [0.5, 0.6) is 0 Å². The molecule has 122 valence electrons. The summed E-state index contributed by atoms with van der Waals surface area (Å²) >= 11 is 1.88. The van der Waals surface area contributed by atoms with Crippen molar-refractivity contribution < 1.29 is 0 Å². The molecule has 4 heteroatoms. The molecule has 1 rings (SSSR count). The highest BCUT2D eigenvalue weighted by Gasteiger charge is 2.17. The molecule has 0 unspecified atom stereocenters. The number of nitrogens with one attached hydrogen (secondary N) is 1. The molecule has 3 nitrogen and oxygen atoms in total. The van der Waals surface area contributed by atoms with Crippen LogP contribution in [0.2, 0.25) is 0 Å². The Hall–Kier alpha value is -0.610. The lowest BCUT2D eigenvalue weighted by Crippen LogP contribution is -2.24. The third kappa shape index (κ3) is 5.95. The fourth-order valence-corrected chi connectivity index (χ4v) is 3.62. The first-order chi connectivity index (χ1) is 9.99. The van der Waals surface area contributed by atoms with E-state index in [0.717, 1.165) is 26.2 Å². The zero-order valence-electron chi connectivity index (χ0n) is 14.7. The van der Waals surface area contributed by atoms with Gasteiger partial charge in [0.05, 0.1) is 5.69 Å². The lowest BCUT2D eigenvalue weighted by atomic mass is 10.1. The number of hydrogen-bond donors (Lipinski definition) is 1. The summed E-state index contributed by atoms with van der Waals surface area (Å²) in [5.74, 6) is 1.19. The molecule has 0 saturated heterocycles. The summed E-state index contributed by atoms with van der Waals surface area (Å²) in [5.41, 5.74) is 1.28. The quantitative estimate of drug-likeness (QED) is 0.682. The van der Waals surface area contributed by atoms with Crippen molar-refractivity contribution in [1.82, 2.24) is 10.3 Å². The molecule has 0 amide bonds. The molecule has 0 aliphatic heterocycles. The maximum atomic E-state index is 4.95. The van der Waals surface area contributed by atoms with Gasteiger partial charge in [0, 0.05) is 24.5 Å². The van der Waals surface area contributed by atoms with E-state index in [1.54, 1.807) is 0 Å². The van der Waals surface area contributed by atoms with Gasteiger partial charge in [0.1, 0.15) is 0 Å². The Labute approximate surface area is 135 Å². The average Bonchev–Trinajstić information content (AvgIpc) is 2.82. The lowest BCUT2D eigenvalue weighted by Gasteiger charge is -2.20. The first-order valence-electron chi connectivity index (χ1n) is 8.44. The van der Waals surface area contributed by atoms with E-state index in [1.807, 2.05) is 11.3 Å². The van der Waals surface area contributed by atoms with Crippen LogP contribution in [0.1, 0.15) is 70.9 Å². The zero-order chi connectivity index (χ0) is 15.8. The molecule has 1 N–H and O–H groups in total. The maximum Gasteiger partial charge on any atom is 0.185 e. The van der Waals surface area contributed by atoms with Crippen LogP contribution >= 0.6 is 11.3 Å². The molecule has 0 aliphatic carbocycles. The average molecular weight is 312 g/mol. The van der Waals surface area contributed by atoms with Crippen molar-refractivity contribution in [3.8, 4) is 0 Å². The summed E-state index contributed by atoms with van der Waals surface area (Å²) < 4.78 is 0. The molecule has 0 spiro atoms. The second kappa shape index (κ2) is 9.42. The van der Waals surface area contributed by atoms with Crippen LogP contribution in [0.25, 0.3) is 0 Å². The smallest absolute Gasteiger partial charge is 0.185 e. The number of rotatable bonds is 10. The van der Waals surface area contributed by atoms with Gasteiger partial charge in [-0.15, -0.1) is 11.3 Å². The van der Waals surface area contributed by atoms with E-state index < -0.39 is 0 Å². The highest BCUT2D eigenvalue weighted by atomic mass is 32.1. The molecular weight excluding hydrogens is 278 g/mol. The lowest BCUT2D eigenvalue weighted by molar-refractivity contribution is 0.552. The molecule has 0 fully saturated rings. The minimum atomic E-state index is 0.496. The third-order valence-corrected chi connectivity index (χ3v) is 4.49. The number of thiazole rings is 1. The molecular formula is C17H33N3S. The SMILES string of the molecule is CCCN(CCC)c1nc(C(C)C)c(CNCC(C)C)s1. The standard InChI is InChI=1S/C17H33N3S/c1-7-9-20(10-8-2)17-19-16(14(5)6)15(21-17)12-18-11-13(3)4/h13-14,18H,7-12H2,1-6H3. The van der Waals surface area contributed by atoms with E-state index in [4.69, 9.17) is 4.98 Å². The van der Waals surface area contributed by atoms with Crippen molar-refractivity contribution in [2.45, 2.75) is 66.8 Å². The Bertz CT molecular complexity index is 393. The van der Waals surface area contributed by atoms with E-state index in [2.05, 4.69) is 51.8 Å². The molecule has 1 aromatic rings. The summed E-state index contributed by atoms with van der Waals surface area (Å²) in [6.45, 7) is 17.7. The summed E-state index contributed by atoms with van der Waals surface area (Å²) in [4.78, 5) is 8.81. The highest BCUT2D eigenvalue weighted by Crippen LogP contribution is 2.31. The largest absolute Gasteiger partial charge is 0.348 e. The van der Waals surface area contributed by atoms with E-state index in [1.165, 1.54) is 28.5 Å². The summed E-state index contributed by atoms with van der Waals surface area (Å²) in [5, 5.41) is 4.78. The molecule has 0 atom stereocenters. The van der Waals surface area contributed by atoms with Gasteiger partial charge in [0.25, 0.3) is 0 Å². The Morgan fingerprint density at radius 3 is 2.19 bits per heavy atom. The second-order valence-electron chi connectivity index (χ2n) is 6.47. The zero-order valence-corrected chi connectivity index (χ0v) is 15.5. The van der Waals surface area contributed by atoms with Gasteiger partial charge in [0.15, 0.2) is 5.13 Å². The fourth-order valence-electron chi connectivity index (χ4n) is 2.38. The van der Waals surface area contributed by atoms with E-state index >= 15 is 0 Å².